The molecule has 2 aliphatic rings. The van der Waals surface area contributed by atoms with Gasteiger partial charge in [0.15, 0.2) is 0 Å². The van der Waals surface area contributed by atoms with Gasteiger partial charge in [0.2, 0.25) is 5.91 Å². The van der Waals surface area contributed by atoms with E-state index in [-0.39, 0.29) is 17.4 Å². The number of carbonyl (C=O) groups excluding carboxylic acids is 1. The molecular formula is C24H29ClN2O2. The number of nitrogens with zero attached hydrogens (tertiary/aromatic N) is 2. The summed E-state index contributed by atoms with van der Waals surface area (Å²) in [6.45, 7) is 3.34. The van der Waals surface area contributed by atoms with Crippen LogP contribution in [0, 0.1) is 5.92 Å². The fourth-order valence-electron chi connectivity index (χ4n) is 4.73. The molecule has 0 radical (unpaired) electrons. The van der Waals surface area contributed by atoms with E-state index in [1.54, 1.807) is 4.90 Å². The van der Waals surface area contributed by atoms with Gasteiger partial charge in [-0.3, -0.25) is 4.79 Å². The van der Waals surface area contributed by atoms with Crippen molar-refractivity contribution in [1.29, 1.82) is 0 Å². The van der Waals surface area contributed by atoms with Gasteiger partial charge in [0.05, 0.1) is 18.1 Å². The van der Waals surface area contributed by atoms with Crippen LogP contribution >= 0.6 is 11.6 Å². The summed E-state index contributed by atoms with van der Waals surface area (Å²) in [6.07, 6.45) is 2.61. The van der Waals surface area contributed by atoms with Crippen LogP contribution in [0.25, 0.3) is 0 Å². The van der Waals surface area contributed by atoms with Gasteiger partial charge in [0.25, 0.3) is 0 Å². The molecule has 29 heavy (non-hydrogen) atoms. The number of hydrogen-bond donors (Lipinski definition) is 0. The number of benzene rings is 2. The first-order chi connectivity index (χ1) is 14.0. The molecule has 0 bridgehead atoms. The van der Waals surface area contributed by atoms with E-state index in [4.69, 9.17) is 16.3 Å². The Kier molecular flexibility index (Phi) is 5.95. The molecule has 0 saturated carbocycles. The maximum atomic E-state index is 12.9. The standard InChI is InChI=1S/C24H29ClN2O2/c1-26(2)23(28)20(15-18-7-4-6-10-22(18)25)16-27-13-11-24(12-14-27)21-9-5-3-8-19(21)17-29-24/h3-10,20H,11-17H2,1-2H3. The first-order valence-electron chi connectivity index (χ1n) is 10.4. The largest absolute Gasteiger partial charge is 0.365 e. The number of hydrogen-bond acceptors (Lipinski definition) is 3. The zero-order chi connectivity index (χ0) is 20.4. The highest BCUT2D eigenvalue weighted by Gasteiger charge is 2.42. The van der Waals surface area contributed by atoms with Gasteiger partial charge < -0.3 is 14.5 Å². The molecule has 0 N–H and O–H groups in total. The lowest BCUT2D eigenvalue weighted by Crippen LogP contribution is -2.46. The molecule has 2 heterocycles. The molecule has 4 rings (SSSR count). The van der Waals surface area contributed by atoms with Gasteiger partial charge in [-0.15, -0.1) is 0 Å². The molecule has 1 spiro atoms. The second-order valence-corrected chi connectivity index (χ2v) is 8.87. The van der Waals surface area contributed by atoms with Crippen molar-refractivity contribution in [2.24, 2.45) is 5.92 Å². The maximum absolute atomic E-state index is 12.9. The van der Waals surface area contributed by atoms with E-state index in [1.165, 1.54) is 11.1 Å². The van der Waals surface area contributed by atoms with Crippen molar-refractivity contribution in [3.05, 3.63) is 70.2 Å². The highest BCUT2D eigenvalue weighted by Crippen LogP contribution is 2.44. The van der Waals surface area contributed by atoms with Gasteiger partial charge in [0.1, 0.15) is 0 Å². The molecule has 2 aromatic rings. The minimum absolute atomic E-state index is 0.101. The molecule has 154 valence electrons. The van der Waals surface area contributed by atoms with Crippen molar-refractivity contribution >= 4 is 17.5 Å². The number of ether oxygens (including phenoxy) is 1. The summed E-state index contributed by atoms with van der Waals surface area (Å²) in [5.41, 5.74) is 3.57. The Morgan fingerprint density at radius 3 is 2.55 bits per heavy atom. The normalized spacial score (nSPS) is 19.1. The fraction of sp³-hybridized carbons (Fsp3) is 0.458. The predicted octanol–water partition coefficient (Wildman–Crippen LogP) is 4.11. The monoisotopic (exact) mass is 412 g/mol. The van der Waals surface area contributed by atoms with Crippen molar-refractivity contribution < 1.29 is 9.53 Å². The number of likely N-dealkylation sites (tertiary alicyclic amines) is 1. The quantitative estimate of drug-likeness (QED) is 0.740. The summed E-state index contributed by atoms with van der Waals surface area (Å²) in [5, 5.41) is 0.734. The third-order valence-electron chi connectivity index (χ3n) is 6.37. The highest BCUT2D eigenvalue weighted by molar-refractivity contribution is 6.31. The minimum Gasteiger partial charge on any atom is -0.365 e. The third-order valence-corrected chi connectivity index (χ3v) is 6.74. The van der Waals surface area contributed by atoms with Crippen LogP contribution in [0.5, 0.6) is 0 Å². The number of fused-ring (bicyclic) bond motifs is 2. The summed E-state index contributed by atoms with van der Waals surface area (Å²) in [4.78, 5) is 17.0. The number of amides is 1. The first-order valence-corrected chi connectivity index (χ1v) is 10.8. The lowest BCUT2D eigenvalue weighted by molar-refractivity contribution is -0.134. The molecule has 1 atom stereocenters. The van der Waals surface area contributed by atoms with Gasteiger partial charge in [-0.25, -0.2) is 0 Å². The van der Waals surface area contributed by atoms with E-state index in [9.17, 15) is 4.79 Å². The summed E-state index contributed by atoms with van der Waals surface area (Å²) in [6, 6.07) is 16.4. The summed E-state index contributed by atoms with van der Waals surface area (Å²) >= 11 is 6.37. The summed E-state index contributed by atoms with van der Waals surface area (Å²) in [5.74, 6) is 0.0587. The van der Waals surface area contributed by atoms with E-state index >= 15 is 0 Å². The van der Waals surface area contributed by atoms with Crippen molar-refractivity contribution in [2.75, 3.05) is 33.7 Å². The van der Waals surface area contributed by atoms with Crippen LogP contribution in [-0.4, -0.2) is 49.4 Å². The zero-order valence-corrected chi connectivity index (χ0v) is 18.0. The van der Waals surface area contributed by atoms with Crippen LogP contribution < -0.4 is 0 Å². The first kappa shape index (κ1) is 20.4. The predicted molar refractivity (Wildman–Crippen MR) is 116 cm³/mol. The van der Waals surface area contributed by atoms with Crippen LogP contribution in [0.2, 0.25) is 5.02 Å². The Hall–Kier alpha value is -1.88. The van der Waals surface area contributed by atoms with Crippen LogP contribution in [0.15, 0.2) is 48.5 Å². The molecule has 1 saturated heterocycles. The van der Waals surface area contributed by atoms with Crippen LogP contribution in [0.1, 0.15) is 29.5 Å². The summed E-state index contributed by atoms with van der Waals surface area (Å²) < 4.78 is 6.28. The maximum Gasteiger partial charge on any atom is 0.226 e. The molecule has 0 aromatic heterocycles. The van der Waals surface area contributed by atoms with Crippen molar-refractivity contribution in [3.63, 3.8) is 0 Å². The molecule has 1 unspecified atom stereocenters. The Bertz CT molecular complexity index is 875. The van der Waals surface area contributed by atoms with Crippen LogP contribution in [-0.2, 0) is 28.2 Å². The van der Waals surface area contributed by atoms with Gasteiger partial charge in [0, 0.05) is 38.8 Å². The van der Waals surface area contributed by atoms with Crippen LogP contribution in [0.4, 0.5) is 0 Å². The van der Waals surface area contributed by atoms with Crippen molar-refractivity contribution in [2.45, 2.75) is 31.5 Å². The lowest BCUT2D eigenvalue weighted by atomic mass is 9.83. The molecule has 5 heteroatoms. The third kappa shape index (κ3) is 4.20. The SMILES string of the molecule is CN(C)C(=O)C(Cc1ccccc1Cl)CN1CCC2(CC1)OCc1ccccc12. The average molecular weight is 413 g/mol. The second kappa shape index (κ2) is 8.47. The fourth-order valence-corrected chi connectivity index (χ4v) is 4.94. The topological polar surface area (TPSA) is 32.8 Å². The van der Waals surface area contributed by atoms with E-state index in [0.717, 1.165) is 43.1 Å². The Balaban J connectivity index is 1.44. The average Bonchev–Trinajstić information content (AvgIpc) is 3.08. The molecule has 2 aliphatic heterocycles. The van der Waals surface area contributed by atoms with E-state index < -0.39 is 0 Å². The minimum atomic E-state index is -0.142. The van der Waals surface area contributed by atoms with Gasteiger partial charge in [-0.1, -0.05) is 54.1 Å². The Labute approximate surface area is 178 Å². The van der Waals surface area contributed by atoms with E-state index in [1.807, 2.05) is 38.4 Å². The lowest BCUT2D eigenvalue weighted by Gasteiger charge is -2.40. The Morgan fingerprint density at radius 1 is 1.14 bits per heavy atom. The van der Waals surface area contributed by atoms with Crippen LogP contribution in [0.3, 0.4) is 0 Å². The van der Waals surface area contributed by atoms with Crippen molar-refractivity contribution in [3.8, 4) is 0 Å². The molecular weight excluding hydrogens is 384 g/mol. The second-order valence-electron chi connectivity index (χ2n) is 8.47. The van der Waals surface area contributed by atoms with E-state index in [2.05, 4.69) is 29.2 Å². The van der Waals surface area contributed by atoms with Gasteiger partial charge >= 0.3 is 0 Å². The van der Waals surface area contributed by atoms with Gasteiger partial charge in [-0.05, 0) is 42.0 Å². The van der Waals surface area contributed by atoms with Gasteiger partial charge in [-0.2, -0.15) is 0 Å². The summed E-state index contributed by atoms with van der Waals surface area (Å²) in [7, 11) is 3.66. The number of piperidine rings is 1. The molecule has 0 aliphatic carbocycles. The Morgan fingerprint density at radius 2 is 1.83 bits per heavy atom. The zero-order valence-electron chi connectivity index (χ0n) is 17.2. The molecule has 1 amide bonds. The number of rotatable bonds is 5. The molecule has 4 nitrogen and oxygen atoms in total. The molecule has 2 aromatic carbocycles. The highest BCUT2D eigenvalue weighted by atomic mass is 35.5. The molecule has 1 fully saturated rings. The number of halogens is 1. The van der Waals surface area contributed by atoms with Crippen molar-refractivity contribution in [1.82, 2.24) is 9.80 Å². The smallest absolute Gasteiger partial charge is 0.226 e. The van der Waals surface area contributed by atoms with E-state index in [0.29, 0.717) is 13.0 Å². The number of carbonyl (C=O) groups is 1.